The first-order chi connectivity index (χ1) is 20.1. The molecule has 0 atom stereocenters. The van der Waals surface area contributed by atoms with Crippen LogP contribution in [0.3, 0.4) is 0 Å². The maximum Gasteiger partial charge on any atom is 0.257 e. The fraction of sp³-hybridized carbons (Fsp3) is 0.267. The number of nitrogens with two attached hydrogens (primary N) is 1. The lowest BCUT2D eigenvalue weighted by atomic mass is 10.0. The number of rotatable bonds is 13. The molecule has 214 valence electrons. The molecule has 41 heavy (non-hydrogen) atoms. The van der Waals surface area contributed by atoms with Crippen molar-refractivity contribution in [3.8, 4) is 17.4 Å². The van der Waals surface area contributed by atoms with Crippen LogP contribution in [0.25, 0.3) is 10.9 Å². The van der Waals surface area contributed by atoms with Gasteiger partial charge in [0.2, 0.25) is 11.6 Å². The van der Waals surface area contributed by atoms with Gasteiger partial charge >= 0.3 is 0 Å². The number of aromatic nitrogens is 2. The summed E-state index contributed by atoms with van der Waals surface area (Å²) in [6.07, 6.45) is 10.4. The molecule has 1 aromatic heterocycles. The first kappa shape index (κ1) is 29.2. The van der Waals surface area contributed by atoms with Gasteiger partial charge in [0.15, 0.2) is 5.75 Å². The van der Waals surface area contributed by atoms with Gasteiger partial charge in [-0.3, -0.25) is 9.79 Å². The Balaban J connectivity index is 1.57. The minimum atomic E-state index is -0.239. The van der Waals surface area contributed by atoms with Gasteiger partial charge in [-0.2, -0.15) is 4.89 Å². The topological polar surface area (TPSA) is 139 Å². The number of methoxy groups -OCH3 is 1. The van der Waals surface area contributed by atoms with Crippen LogP contribution in [0.2, 0.25) is 0 Å². The molecule has 4 rings (SSSR count). The van der Waals surface area contributed by atoms with Crippen molar-refractivity contribution < 1.29 is 28.8 Å². The standard InChI is InChI=1S/C30H33N5O6/c1-37-15-16-39-27-18-26-24(17-28(27)41-38-2)30(34-20-33-26)40-22(19-31)11-8-12-23(25-13-6-7-14-32-25)29(36)35-21-9-4-3-5-10-21/h3-5,8-12,17-20H,6-7,13-16,31H2,1-2H3,(H,35,36). The average Bonchev–Trinajstić information content (AvgIpc) is 3.00. The summed E-state index contributed by atoms with van der Waals surface area (Å²) in [5, 5.41) is 3.48. The van der Waals surface area contributed by atoms with E-state index in [1.165, 1.54) is 19.6 Å². The number of benzene rings is 2. The zero-order valence-corrected chi connectivity index (χ0v) is 23.0. The summed E-state index contributed by atoms with van der Waals surface area (Å²) in [7, 11) is 2.98. The highest BCUT2D eigenvalue weighted by Crippen LogP contribution is 2.35. The number of carbonyl (C=O) groups excluding carboxylic acids is 1. The molecule has 0 unspecified atom stereocenters. The number of nitrogens with zero attached hydrogens (tertiary/aromatic N) is 3. The highest BCUT2D eigenvalue weighted by molar-refractivity contribution is 6.25. The van der Waals surface area contributed by atoms with Crippen molar-refractivity contribution in [3.63, 3.8) is 0 Å². The SMILES string of the molecule is COCCOc1cc2ncnc(OC(C=CC=C(C(=O)Nc3ccccc3)C3=NCCCC3)=CN)c2cc1OOC. The van der Waals surface area contributed by atoms with Gasteiger partial charge in [0.1, 0.15) is 18.7 Å². The lowest BCUT2D eigenvalue weighted by molar-refractivity contribution is -0.179. The van der Waals surface area contributed by atoms with Gasteiger partial charge < -0.3 is 30.1 Å². The zero-order chi connectivity index (χ0) is 28.9. The molecule has 1 amide bonds. The van der Waals surface area contributed by atoms with Crippen molar-refractivity contribution in [2.24, 2.45) is 10.7 Å². The summed E-state index contributed by atoms with van der Waals surface area (Å²) in [4.78, 5) is 36.5. The van der Waals surface area contributed by atoms with Crippen molar-refractivity contribution >= 4 is 28.2 Å². The number of amides is 1. The van der Waals surface area contributed by atoms with Crippen LogP contribution in [0.5, 0.6) is 17.4 Å². The summed E-state index contributed by atoms with van der Waals surface area (Å²) in [6, 6.07) is 12.6. The Morgan fingerprint density at radius 2 is 1.93 bits per heavy atom. The molecule has 0 saturated heterocycles. The Bertz CT molecular complexity index is 1450. The Hall–Kier alpha value is -4.74. The monoisotopic (exact) mass is 559 g/mol. The van der Waals surface area contributed by atoms with Crippen LogP contribution >= 0.6 is 0 Å². The van der Waals surface area contributed by atoms with Gasteiger partial charge in [-0.1, -0.05) is 24.3 Å². The third-order valence-electron chi connectivity index (χ3n) is 6.00. The molecule has 0 radical (unpaired) electrons. The van der Waals surface area contributed by atoms with Crippen molar-refractivity contribution in [1.29, 1.82) is 0 Å². The minimum Gasteiger partial charge on any atom is -0.487 e. The van der Waals surface area contributed by atoms with Gasteiger partial charge in [0.25, 0.3) is 5.91 Å². The highest BCUT2D eigenvalue weighted by atomic mass is 17.2. The molecule has 2 heterocycles. The molecule has 1 aliphatic rings. The number of hydrogen-bond donors (Lipinski definition) is 2. The number of nitrogens with one attached hydrogen (secondary N) is 1. The van der Waals surface area contributed by atoms with E-state index in [4.69, 9.17) is 29.7 Å². The maximum absolute atomic E-state index is 13.2. The fourth-order valence-corrected chi connectivity index (χ4v) is 4.04. The Kier molecular flexibility index (Phi) is 10.8. The average molecular weight is 560 g/mol. The summed E-state index contributed by atoms with van der Waals surface area (Å²) in [5.74, 6) is 1.03. The predicted octanol–water partition coefficient (Wildman–Crippen LogP) is 4.52. The van der Waals surface area contributed by atoms with Crippen molar-refractivity contribution in [2.45, 2.75) is 19.3 Å². The van der Waals surface area contributed by atoms with E-state index in [1.807, 2.05) is 30.3 Å². The molecule has 3 N–H and O–H groups in total. The number of para-hydroxylation sites is 1. The summed E-state index contributed by atoms with van der Waals surface area (Å²) < 4.78 is 16.8. The Morgan fingerprint density at radius 3 is 2.66 bits per heavy atom. The van der Waals surface area contributed by atoms with Crippen LogP contribution in [-0.4, -0.2) is 55.6 Å². The van der Waals surface area contributed by atoms with Crippen LogP contribution in [0, 0.1) is 0 Å². The molecule has 0 saturated carbocycles. The first-order valence-corrected chi connectivity index (χ1v) is 13.1. The van der Waals surface area contributed by atoms with Crippen molar-refractivity contribution in [2.75, 3.05) is 39.3 Å². The molecule has 11 heteroatoms. The van der Waals surface area contributed by atoms with Gasteiger partial charge in [-0.05, 0) is 43.5 Å². The highest BCUT2D eigenvalue weighted by Gasteiger charge is 2.18. The molecule has 0 aliphatic carbocycles. The number of ether oxygens (including phenoxy) is 3. The number of carbonyl (C=O) groups is 1. The van der Waals surface area contributed by atoms with Crippen LogP contribution in [0.1, 0.15) is 19.3 Å². The van der Waals surface area contributed by atoms with E-state index in [0.717, 1.165) is 25.0 Å². The smallest absolute Gasteiger partial charge is 0.257 e. The largest absolute Gasteiger partial charge is 0.487 e. The predicted molar refractivity (Wildman–Crippen MR) is 156 cm³/mol. The van der Waals surface area contributed by atoms with Crippen LogP contribution in [0.15, 0.2) is 89.5 Å². The second kappa shape index (κ2) is 15.2. The van der Waals surface area contributed by atoms with Gasteiger partial charge in [-0.15, -0.1) is 0 Å². The molecule has 11 nitrogen and oxygen atoms in total. The van der Waals surface area contributed by atoms with E-state index >= 15 is 0 Å². The summed E-state index contributed by atoms with van der Waals surface area (Å²) in [6.45, 7) is 1.41. The molecular formula is C30H33N5O6. The van der Waals surface area contributed by atoms with Gasteiger partial charge in [0, 0.05) is 43.4 Å². The number of hydrogen-bond acceptors (Lipinski definition) is 10. The molecule has 2 aromatic carbocycles. The minimum absolute atomic E-state index is 0.239. The van der Waals surface area contributed by atoms with E-state index < -0.39 is 0 Å². The summed E-state index contributed by atoms with van der Waals surface area (Å²) in [5.41, 5.74) is 8.38. The lowest BCUT2D eigenvalue weighted by Gasteiger charge is -2.15. The fourth-order valence-electron chi connectivity index (χ4n) is 4.04. The van der Waals surface area contributed by atoms with Crippen molar-refractivity contribution in [1.82, 2.24) is 9.97 Å². The molecule has 0 spiro atoms. The zero-order valence-electron chi connectivity index (χ0n) is 23.0. The lowest BCUT2D eigenvalue weighted by Crippen LogP contribution is -2.22. The second-order valence-electron chi connectivity index (χ2n) is 8.80. The molecule has 0 fully saturated rings. The van der Waals surface area contributed by atoms with E-state index in [2.05, 4.69) is 20.3 Å². The number of allylic oxidation sites excluding steroid dienone is 3. The third-order valence-corrected chi connectivity index (χ3v) is 6.00. The van der Waals surface area contributed by atoms with E-state index in [1.54, 1.807) is 37.5 Å². The summed E-state index contributed by atoms with van der Waals surface area (Å²) >= 11 is 0. The van der Waals surface area contributed by atoms with Gasteiger partial charge in [0.05, 0.1) is 30.2 Å². The molecule has 0 bridgehead atoms. The van der Waals surface area contributed by atoms with E-state index in [-0.39, 0.29) is 11.8 Å². The van der Waals surface area contributed by atoms with Gasteiger partial charge in [-0.25, -0.2) is 9.97 Å². The molecule has 3 aromatic rings. The molecular weight excluding hydrogens is 526 g/mol. The second-order valence-corrected chi connectivity index (χ2v) is 8.80. The maximum atomic E-state index is 13.2. The number of fused-ring (bicyclic) bond motifs is 1. The normalized spacial score (nSPS) is 14.1. The quantitative estimate of drug-likeness (QED) is 0.0772. The van der Waals surface area contributed by atoms with Crippen LogP contribution < -0.4 is 25.4 Å². The number of anilines is 1. The number of aliphatic imine (C=N–C) groups is 1. The Morgan fingerprint density at radius 1 is 1.07 bits per heavy atom. The van der Waals surface area contributed by atoms with Crippen molar-refractivity contribution in [3.05, 3.63) is 84.6 Å². The van der Waals surface area contributed by atoms with E-state index in [9.17, 15) is 4.79 Å². The Labute approximate surface area is 238 Å². The molecule has 1 aliphatic heterocycles. The van der Waals surface area contributed by atoms with E-state index in [0.29, 0.717) is 59.2 Å². The van der Waals surface area contributed by atoms with Crippen LogP contribution in [-0.2, 0) is 14.4 Å². The van der Waals surface area contributed by atoms with Crippen LogP contribution in [0.4, 0.5) is 5.69 Å². The first-order valence-electron chi connectivity index (χ1n) is 13.1. The third kappa shape index (κ3) is 8.13.